The Morgan fingerprint density at radius 2 is 1.65 bits per heavy atom. The molecule has 3 aromatic carbocycles. The third kappa shape index (κ3) is 5.31. The molecule has 0 aliphatic heterocycles. The van der Waals surface area contributed by atoms with E-state index in [9.17, 15) is 4.79 Å². The number of nitrogens with zero attached hydrogens (tertiary/aromatic N) is 1. The predicted octanol–water partition coefficient (Wildman–Crippen LogP) is 5.77. The number of ether oxygens (including phenoxy) is 4. The SMILES string of the molecule is COc1ccc(-c2csnc2-c2cc(OC)c(OC)c(OC)c2)cc1NC(=O)[C@@H](N)Cc1cc2ccccc2o1. The number of rotatable bonds is 10. The maximum absolute atomic E-state index is 13.1. The van der Waals surface area contributed by atoms with Gasteiger partial charge in [0.25, 0.3) is 0 Å². The van der Waals surface area contributed by atoms with Crippen molar-refractivity contribution in [3.8, 4) is 45.4 Å². The van der Waals surface area contributed by atoms with Crippen molar-refractivity contribution in [3.05, 3.63) is 71.8 Å². The van der Waals surface area contributed by atoms with Gasteiger partial charge in [0.05, 0.1) is 45.9 Å². The van der Waals surface area contributed by atoms with Crippen LogP contribution in [-0.4, -0.2) is 44.8 Å². The largest absolute Gasteiger partial charge is 0.495 e. The molecule has 0 fully saturated rings. The number of carbonyl (C=O) groups is 1. The number of hydrogen-bond donors (Lipinski definition) is 2. The lowest BCUT2D eigenvalue weighted by atomic mass is 10.0. The zero-order chi connectivity index (χ0) is 28.2. The molecule has 0 unspecified atom stereocenters. The molecule has 40 heavy (non-hydrogen) atoms. The van der Waals surface area contributed by atoms with Crippen molar-refractivity contribution in [2.24, 2.45) is 5.73 Å². The second-order valence-corrected chi connectivity index (χ2v) is 9.59. The molecule has 0 radical (unpaired) electrons. The first-order valence-corrected chi connectivity index (χ1v) is 13.3. The summed E-state index contributed by atoms with van der Waals surface area (Å²) in [6.45, 7) is 0. The van der Waals surface area contributed by atoms with Crippen LogP contribution in [0.3, 0.4) is 0 Å². The summed E-state index contributed by atoms with van der Waals surface area (Å²) >= 11 is 1.32. The van der Waals surface area contributed by atoms with Gasteiger partial charge in [0.15, 0.2) is 11.5 Å². The first kappa shape index (κ1) is 27.0. The Bertz CT molecular complexity index is 1600. The molecule has 0 saturated carbocycles. The lowest BCUT2D eigenvalue weighted by Crippen LogP contribution is -2.37. The number of aromatic nitrogens is 1. The Morgan fingerprint density at radius 1 is 0.925 bits per heavy atom. The monoisotopic (exact) mass is 559 g/mol. The summed E-state index contributed by atoms with van der Waals surface area (Å²) in [7, 11) is 6.25. The highest BCUT2D eigenvalue weighted by atomic mass is 32.1. The van der Waals surface area contributed by atoms with Gasteiger partial charge in [-0.1, -0.05) is 24.3 Å². The van der Waals surface area contributed by atoms with Crippen LogP contribution in [0.5, 0.6) is 23.0 Å². The van der Waals surface area contributed by atoms with Crippen LogP contribution < -0.4 is 30.0 Å². The molecule has 3 N–H and O–H groups in total. The van der Waals surface area contributed by atoms with Gasteiger partial charge in [0.1, 0.15) is 17.1 Å². The quantitative estimate of drug-likeness (QED) is 0.222. The highest BCUT2D eigenvalue weighted by molar-refractivity contribution is 7.04. The number of fused-ring (bicyclic) bond motifs is 1. The second kappa shape index (κ2) is 11.7. The minimum atomic E-state index is -0.827. The summed E-state index contributed by atoms with van der Waals surface area (Å²) < 4.78 is 32.5. The molecule has 1 amide bonds. The standard InChI is InChI=1S/C30H29N3O6S/c1-35-25-10-9-17(21-16-40-33-28(21)19-13-26(36-2)29(38-4)27(14-19)37-3)12-23(25)32-30(34)22(31)15-20-11-18-7-5-6-8-24(18)39-20/h5-14,16,22H,15,31H2,1-4H3,(H,32,34)/t22-/m0/s1. The van der Waals surface area contributed by atoms with Crippen LogP contribution in [0.4, 0.5) is 5.69 Å². The summed E-state index contributed by atoms with van der Waals surface area (Å²) in [5.74, 6) is 2.34. The normalized spacial score (nSPS) is 11.7. The van der Waals surface area contributed by atoms with Gasteiger partial charge in [-0.05, 0) is 53.5 Å². The van der Waals surface area contributed by atoms with Crippen molar-refractivity contribution in [1.29, 1.82) is 0 Å². The molecule has 0 aliphatic rings. The minimum Gasteiger partial charge on any atom is -0.495 e. The van der Waals surface area contributed by atoms with E-state index >= 15 is 0 Å². The van der Waals surface area contributed by atoms with Crippen LogP contribution in [-0.2, 0) is 11.2 Å². The fraction of sp³-hybridized carbons (Fsp3) is 0.200. The van der Waals surface area contributed by atoms with E-state index in [2.05, 4.69) is 9.69 Å². The van der Waals surface area contributed by atoms with Gasteiger partial charge in [0.2, 0.25) is 11.7 Å². The predicted molar refractivity (Wildman–Crippen MR) is 156 cm³/mol. The van der Waals surface area contributed by atoms with Crippen molar-refractivity contribution in [3.63, 3.8) is 0 Å². The molecule has 0 spiro atoms. The van der Waals surface area contributed by atoms with Gasteiger partial charge in [-0.25, -0.2) is 0 Å². The number of nitrogens with one attached hydrogen (secondary N) is 1. The van der Waals surface area contributed by atoms with Crippen molar-refractivity contribution < 1.29 is 28.2 Å². The van der Waals surface area contributed by atoms with Crippen molar-refractivity contribution in [2.45, 2.75) is 12.5 Å². The minimum absolute atomic E-state index is 0.252. The van der Waals surface area contributed by atoms with E-state index < -0.39 is 6.04 Å². The maximum atomic E-state index is 13.1. The Labute approximate surface area is 235 Å². The molecule has 9 nitrogen and oxygen atoms in total. The third-order valence-electron chi connectivity index (χ3n) is 6.51. The first-order valence-electron chi connectivity index (χ1n) is 12.4. The molecular weight excluding hydrogens is 530 g/mol. The van der Waals surface area contributed by atoms with Crippen LogP contribution in [0.15, 0.2) is 70.5 Å². The van der Waals surface area contributed by atoms with Gasteiger partial charge in [-0.15, -0.1) is 0 Å². The number of para-hydroxylation sites is 1. The average molecular weight is 560 g/mol. The molecule has 0 bridgehead atoms. The molecule has 5 aromatic rings. The van der Waals surface area contributed by atoms with Gasteiger partial charge < -0.3 is 34.4 Å². The van der Waals surface area contributed by atoms with Gasteiger partial charge >= 0.3 is 0 Å². The van der Waals surface area contributed by atoms with Crippen LogP contribution in [0, 0.1) is 0 Å². The maximum Gasteiger partial charge on any atom is 0.241 e. The molecular formula is C30H29N3O6S. The fourth-order valence-electron chi connectivity index (χ4n) is 4.51. The second-order valence-electron chi connectivity index (χ2n) is 8.96. The number of hydrogen-bond acceptors (Lipinski definition) is 9. The number of benzene rings is 3. The molecule has 0 aliphatic carbocycles. The van der Waals surface area contributed by atoms with Crippen molar-refractivity contribution in [2.75, 3.05) is 33.8 Å². The molecule has 10 heteroatoms. The van der Waals surface area contributed by atoms with E-state index in [1.54, 1.807) is 34.5 Å². The molecule has 206 valence electrons. The zero-order valence-corrected chi connectivity index (χ0v) is 23.3. The molecule has 2 aromatic heterocycles. The van der Waals surface area contributed by atoms with E-state index in [1.165, 1.54) is 11.5 Å². The smallest absolute Gasteiger partial charge is 0.241 e. The van der Waals surface area contributed by atoms with Crippen molar-refractivity contribution >= 4 is 34.1 Å². The highest BCUT2D eigenvalue weighted by Crippen LogP contribution is 2.44. The van der Waals surface area contributed by atoms with Crippen molar-refractivity contribution in [1.82, 2.24) is 4.37 Å². The molecule has 0 saturated heterocycles. The van der Waals surface area contributed by atoms with E-state index in [-0.39, 0.29) is 12.3 Å². The Morgan fingerprint density at radius 3 is 2.33 bits per heavy atom. The topological polar surface area (TPSA) is 118 Å². The van der Waals surface area contributed by atoms with Gasteiger partial charge in [-0.2, -0.15) is 4.37 Å². The Balaban J connectivity index is 1.42. The van der Waals surface area contributed by atoms with Gasteiger partial charge in [-0.3, -0.25) is 4.79 Å². The van der Waals surface area contributed by atoms with E-state index in [1.807, 2.05) is 60.0 Å². The summed E-state index contributed by atoms with van der Waals surface area (Å²) in [6, 6.07) is 18.0. The van der Waals surface area contributed by atoms with E-state index in [0.29, 0.717) is 34.4 Å². The number of methoxy groups -OCH3 is 4. The van der Waals surface area contributed by atoms with Crippen LogP contribution >= 0.6 is 11.5 Å². The highest BCUT2D eigenvalue weighted by Gasteiger charge is 2.21. The van der Waals surface area contributed by atoms with Gasteiger partial charge in [0, 0.05) is 28.3 Å². The van der Waals surface area contributed by atoms with E-state index in [0.717, 1.165) is 33.4 Å². The van der Waals surface area contributed by atoms with Crippen LogP contribution in [0.25, 0.3) is 33.4 Å². The summed E-state index contributed by atoms with van der Waals surface area (Å²) in [5.41, 5.74) is 10.7. The Kier molecular flexibility index (Phi) is 7.90. The fourth-order valence-corrected chi connectivity index (χ4v) is 5.23. The van der Waals surface area contributed by atoms with Crippen LogP contribution in [0.2, 0.25) is 0 Å². The lowest BCUT2D eigenvalue weighted by Gasteiger charge is -2.16. The number of anilines is 1. The zero-order valence-electron chi connectivity index (χ0n) is 22.5. The Hall–Kier alpha value is -4.54. The average Bonchev–Trinajstić information content (AvgIpc) is 3.63. The van der Waals surface area contributed by atoms with E-state index in [4.69, 9.17) is 29.1 Å². The number of amides is 1. The van der Waals surface area contributed by atoms with Crippen LogP contribution in [0.1, 0.15) is 5.76 Å². The molecule has 5 rings (SSSR count). The number of furan rings is 1. The first-order chi connectivity index (χ1) is 19.4. The summed E-state index contributed by atoms with van der Waals surface area (Å²) in [6.07, 6.45) is 0.252. The molecule has 2 heterocycles. The summed E-state index contributed by atoms with van der Waals surface area (Å²) in [4.78, 5) is 13.1. The number of carbonyl (C=O) groups excluding carboxylic acids is 1. The molecule has 1 atom stereocenters. The number of nitrogens with two attached hydrogens (primary N) is 1. The lowest BCUT2D eigenvalue weighted by molar-refractivity contribution is -0.117. The summed E-state index contributed by atoms with van der Waals surface area (Å²) in [5, 5.41) is 5.83. The third-order valence-corrected chi connectivity index (χ3v) is 7.14.